The van der Waals surface area contributed by atoms with E-state index in [0.717, 1.165) is 23.7 Å². The SMILES string of the molecule is O=c1[nH]c(N2CCOCC2)nc2c1CCC21CCN(c2ncccc2C(F)(F)F)CC1. The topological polar surface area (TPSA) is 74.3 Å². The monoisotopic (exact) mass is 435 g/mol. The molecule has 1 spiro atoms. The highest BCUT2D eigenvalue weighted by Crippen LogP contribution is 2.46. The molecule has 31 heavy (non-hydrogen) atoms. The van der Waals surface area contributed by atoms with Gasteiger partial charge in [0.15, 0.2) is 0 Å². The van der Waals surface area contributed by atoms with Gasteiger partial charge in [0.1, 0.15) is 5.82 Å². The highest BCUT2D eigenvalue weighted by Gasteiger charge is 2.45. The first-order valence-corrected chi connectivity index (χ1v) is 10.6. The summed E-state index contributed by atoms with van der Waals surface area (Å²) in [7, 11) is 0. The minimum atomic E-state index is -4.44. The summed E-state index contributed by atoms with van der Waals surface area (Å²) < 4.78 is 45.7. The summed E-state index contributed by atoms with van der Waals surface area (Å²) in [4.78, 5) is 28.3. The van der Waals surface area contributed by atoms with Gasteiger partial charge in [0.25, 0.3) is 5.56 Å². The average molecular weight is 435 g/mol. The van der Waals surface area contributed by atoms with E-state index in [0.29, 0.717) is 64.6 Å². The number of rotatable bonds is 2. The number of fused-ring (bicyclic) bond motifs is 2. The van der Waals surface area contributed by atoms with Crippen LogP contribution in [0.1, 0.15) is 36.1 Å². The lowest BCUT2D eigenvalue weighted by Gasteiger charge is -2.40. The van der Waals surface area contributed by atoms with Crippen LogP contribution >= 0.6 is 0 Å². The molecular weight excluding hydrogens is 411 g/mol. The molecule has 0 saturated carbocycles. The Hall–Kier alpha value is -2.62. The Bertz CT molecular complexity index is 1020. The third-order valence-electron chi connectivity index (χ3n) is 6.78. The molecule has 2 saturated heterocycles. The fraction of sp³-hybridized carbons (Fsp3) is 0.571. The van der Waals surface area contributed by atoms with Crippen molar-refractivity contribution in [2.45, 2.75) is 37.3 Å². The van der Waals surface area contributed by atoms with Crippen molar-refractivity contribution in [1.82, 2.24) is 15.0 Å². The smallest absolute Gasteiger partial charge is 0.378 e. The molecule has 10 heteroatoms. The fourth-order valence-corrected chi connectivity index (χ4v) is 5.07. The van der Waals surface area contributed by atoms with Gasteiger partial charge in [0.2, 0.25) is 5.95 Å². The Labute approximate surface area is 177 Å². The van der Waals surface area contributed by atoms with E-state index in [9.17, 15) is 18.0 Å². The number of piperidine rings is 1. The van der Waals surface area contributed by atoms with E-state index >= 15 is 0 Å². The molecule has 2 aromatic rings. The van der Waals surface area contributed by atoms with Gasteiger partial charge in [-0.3, -0.25) is 9.78 Å². The number of nitrogens with zero attached hydrogens (tertiary/aromatic N) is 4. The van der Waals surface area contributed by atoms with Gasteiger partial charge in [-0.15, -0.1) is 0 Å². The summed E-state index contributed by atoms with van der Waals surface area (Å²) in [5.41, 5.74) is 0.472. The maximum Gasteiger partial charge on any atom is 0.419 e. The number of alkyl halides is 3. The van der Waals surface area contributed by atoms with E-state index in [1.165, 1.54) is 12.3 Å². The zero-order chi connectivity index (χ0) is 21.6. The number of pyridine rings is 1. The lowest BCUT2D eigenvalue weighted by atomic mass is 9.76. The van der Waals surface area contributed by atoms with Crippen LogP contribution in [0.3, 0.4) is 0 Å². The predicted molar refractivity (Wildman–Crippen MR) is 109 cm³/mol. The highest BCUT2D eigenvalue weighted by molar-refractivity contribution is 5.50. The van der Waals surface area contributed by atoms with Crippen LogP contribution in [-0.2, 0) is 22.7 Å². The van der Waals surface area contributed by atoms with Crippen LogP contribution in [0.25, 0.3) is 0 Å². The third-order valence-corrected chi connectivity index (χ3v) is 6.78. The fourth-order valence-electron chi connectivity index (χ4n) is 5.07. The van der Waals surface area contributed by atoms with Gasteiger partial charge in [-0.05, 0) is 37.8 Å². The summed E-state index contributed by atoms with van der Waals surface area (Å²) in [6, 6.07) is 2.39. The van der Waals surface area contributed by atoms with Gasteiger partial charge in [-0.2, -0.15) is 13.2 Å². The van der Waals surface area contributed by atoms with Crippen LogP contribution < -0.4 is 15.4 Å². The van der Waals surface area contributed by atoms with E-state index in [-0.39, 0.29) is 16.8 Å². The number of aromatic nitrogens is 3. The van der Waals surface area contributed by atoms with Gasteiger partial charge >= 0.3 is 6.18 Å². The van der Waals surface area contributed by atoms with Crippen LogP contribution in [0.15, 0.2) is 23.1 Å². The Morgan fingerprint density at radius 2 is 1.81 bits per heavy atom. The minimum Gasteiger partial charge on any atom is -0.378 e. The maximum atomic E-state index is 13.4. The molecule has 4 heterocycles. The van der Waals surface area contributed by atoms with Gasteiger partial charge in [0, 0.05) is 43.4 Å². The molecule has 1 N–H and O–H groups in total. The van der Waals surface area contributed by atoms with E-state index < -0.39 is 11.7 Å². The third kappa shape index (κ3) is 3.56. The highest BCUT2D eigenvalue weighted by atomic mass is 19.4. The van der Waals surface area contributed by atoms with Crippen molar-refractivity contribution in [3.8, 4) is 0 Å². The summed E-state index contributed by atoms with van der Waals surface area (Å²) in [5.74, 6) is 0.552. The van der Waals surface area contributed by atoms with Gasteiger partial charge in [-0.1, -0.05) is 0 Å². The van der Waals surface area contributed by atoms with Crippen molar-refractivity contribution in [3.05, 3.63) is 45.5 Å². The van der Waals surface area contributed by atoms with E-state index in [2.05, 4.69) is 9.97 Å². The Morgan fingerprint density at radius 1 is 1.06 bits per heavy atom. The summed E-state index contributed by atoms with van der Waals surface area (Å²) in [6.45, 7) is 3.41. The second kappa shape index (κ2) is 7.51. The zero-order valence-corrected chi connectivity index (χ0v) is 17.0. The maximum absolute atomic E-state index is 13.4. The minimum absolute atomic E-state index is 0.0176. The van der Waals surface area contributed by atoms with Crippen molar-refractivity contribution >= 4 is 11.8 Å². The molecule has 0 radical (unpaired) electrons. The normalized spacial score (nSPS) is 20.9. The molecule has 0 amide bonds. The largest absolute Gasteiger partial charge is 0.419 e. The molecule has 0 unspecified atom stereocenters. The molecule has 5 rings (SSSR count). The van der Waals surface area contributed by atoms with Crippen molar-refractivity contribution in [3.63, 3.8) is 0 Å². The van der Waals surface area contributed by atoms with E-state index in [1.54, 1.807) is 4.90 Å². The Morgan fingerprint density at radius 3 is 2.52 bits per heavy atom. The van der Waals surface area contributed by atoms with E-state index in [1.807, 2.05) is 4.90 Å². The molecule has 2 fully saturated rings. The number of halogens is 3. The van der Waals surface area contributed by atoms with Crippen LogP contribution in [0, 0.1) is 0 Å². The van der Waals surface area contributed by atoms with Crippen molar-refractivity contribution in [1.29, 1.82) is 0 Å². The molecule has 0 bridgehead atoms. The van der Waals surface area contributed by atoms with Crippen LogP contribution in [-0.4, -0.2) is 54.3 Å². The second-order valence-electron chi connectivity index (χ2n) is 8.46. The van der Waals surface area contributed by atoms with Crippen molar-refractivity contribution in [2.24, 2.45) is 0 Å². The number of ether oxygens (including phenoxy) is 1. The lowest BCUT2D eigenvalue weighted by Crippen LogP contribution is -2.44. The molecule has 1 aliphatic carbocycles. The molecule has 2 aromatic heterocycles. The van der Waals surface area contributed by atoms with Gasteiger partial charge < -0.3 is 14.5 Å². The zero-order valence-electron chi connectivity index (χ0n) is 17.0. The first-order chi connectivity index (χ1) is 14.9. The Kier molecular flexibility index (Phi) is 4.91. The standard InChI is InChI=1S/C21H24F3N5O2/c22-21(23,24)15-2-1-7-25-17(15)28-8-5-20(6-9-28)4-3-14-16(20)26-19(27-18(14)30)29-10-12-31-13-11-29/h1-2,7H,3-6,8-13H2,(H,26,27,30). The number of hydrogen-bond donors (Lipinski definition) is 1. The predicted octanol–water partition coefficient (Wildman–Crippen LogP) is 2.50. The first-order valence-electron chi connectivity index (χ1n) is 10.6. The van der Waals surface area contributed by atoms with Crippen molar-refractivity contribution < 1.29 is 17.9 Å². The number of morpholine rings is 1. The quantitative estimate of drug-likeness (QED) is 0.782. The number of anilines is 2. The second-order valence-corrected chi connectivity index (χ2v) is 8.46. The summed E-state index contributed by atoms with van der Waals surface area (Å²) >= 11 is 0. The molecule has 0 aromatic carbocycles. The molecule has 7 nitrogen and oxygen atoms in total. The van der Waals surface area contributed by atoms with Crippen LogP contribution in [0.2, 0.25) is 0 Å². The number of nitrogens with one attached hydrogen (secondary N) is 1. The first kappa shape index (κ1) is 20.3. The molecule has 3 aliphatic rings. The lowest BCUT2D eigenvalue weighted by molar-refractivity contribution is -0.137. The molecular formula is C21H24F3N5O2. The molecule has 2 aliphatic heterocycles. The number of hydrogen-bond acceptors (Lipinski definition) is 6. The summed E-state index contributed by atoms with van der Waals surface area (Å²) in [6.07, 6.45) is -0.304. The van der Waals surface area contributed by atoms with Crippen LogP contribution in [0.5, 0.6) is 0 Å². The van der Waals surface area contributed by atoms with Crippen molar-refractivity contribution in [2.75, 3.05) is 49.2 Å². The van der Waals surface area contributed by atoms with E-state index in [4.69, 9.17) is 9.72 Å². The number of H-pyrrole nitrogens is 1. The van der Waals surface area contributed by atoms with Crippen LogP contribution in [0.4, 0.5) is 24.9 Å². The summed E-state index contributed by atoms with van der Waals surface area (Å²) in [5, 5.41) is 0. The number of aromatic amines is 1. The van der Waals surface area contributed by atoms with Gasteiger partial charge in [0.05, 0.1) is 24.5 Å². The van der Waals surface area contributed by atoms with Gasteiger partial charge in [-0.25, -0.2) is 9.97 Å². The average Bonchev–Trinajstić information content (AvgIpc) is 3.13. The molecule has 166 valence electrons. The Balaban J connectivity index is 1.42. The molecule has 0 atom stereocenters.